The molecule has 0 aromatic rings. The van der Waals surface area contributed by atoms with Crippen LogP contribution in [0, 0.1) is 0 Å². The second-order valence-electron chi connectivity index (χ2n) is 5.26. The first-order valence-electron chi connectivity index (χ1n) is 7.52. The number of carboxylic acid groups (broad SMARTS) is 4. The van der Waals surface area contributed by atoms with Gasteiger partial charge in [-0.15, -0.1) is 0 Å². The van der Waals surface area contributed by atoms with E-state index in [1.54, 1.807) is 9.80 Å². The summed E-state index contributed by atoms with van der Waals surface area (Å²) in [4.78, 5) is 45.9. The van der Waals surface area contributed by atoms with E-state index >= 15 is 0 Å². The Labute approximate surface area is 160 Å². The molecule has 0 saturated carbocycles. The van der Waals surface area contributed by atoms with Crippen LogP contribution in [0.5, 0.6) is 0 Å². The van der Waals surface area contributed by atoms with E-state index in [4.69, 9.17) is 20.4 Å². The van der Waals surface area contributed by atoms with E-state index in [0.717, 1.165) is 0 Å². The van der Waals surface area contributed by atoms with Crippen LogP contribution in [0.3, 0.4) is 0 Å². The monoisotopic (exact) mass is 455 g/mol. The van der Waals surface area contributed by atoms with Crippen LogP contribution >= 0.6 is 0 Å². The molecule has 0 amide bonds. The Morgan fingerprint density at radius 3 is 0.840 bits per heavy atom. The first-order valence-corrected chi connectivity index (χ1v) is 7.52. The van der Waals surface area contributed by atoms with Crippen molar-refractivity contribution in [1.29, 1.82) is 0 Å². The Morgan fingerprint density at radius 1 is 0.480 bits per heavy atom. The van der Waals surface area contributed by atoms with Gasteiger partial charge in [0, 0.05) is 39.3 Å². The molecule has 10 nitrogen and oxygen atoms in total. The third kappa shape index (κ3) is 17.2. The number of rotatable bonds is 15. The molecule has 148 valence electrons. The van der Waals surface area contributed by atoms with Crippen LogP contribution in [0.2, 0.25) is 0 Å². The largest absolute Gasteiger partial charge is 1.00 e. The molecule has 0 aliphatic rings. The second kappa shape index (κ2) is 14.8. The van der Waals surface area contributed by atoms with Crippen LogP contribution in [0.4, 0.5) is 0 Å². The minimum Gasteiger partial charge on any atom is -0.481 e. The fourth-order valence-corrected chi connectivity index (χ4v) is 1.97. The summed E-state index contributed by atoms with van der Waals surface area (Å²) in [7, 11) is 0. The summed E-state index contributed by atoms with van der Waals surface area (Å²) in [6.07, 6.45) is -0.540. The maximum atomic E-state index is 10.7. The summed E-state index contributed by atoms with van der Waals surface area (Å²) in [5, 5.41) is 34.9. The Morgan fingerprint density at radius 2 is 0.680 bits per heavy atom. The van der Waals surface area contributed by atoms with Crippen LogP contribution in [0.15, 0.2) is 0 Å². The molecule has 0 rings (SSSR count). The van der Waals surface area contributed by atoms with E-state index in [2.05, 4.69) is 0 Å². The molecule has 0 heterocycles. The third-order valence-electron chi connectivity index (χ3n) is 3.30. The van der Waals surface area contributed by atoms with E-state index in [1.807, 2.05) is 0 Å². The number of carbonyl (C=O) groups is 4. The van der Waals surface area contributed by atoms with Crippen molar-refractivity contribution in [2.24, 2.45) is 0 Å². The average molecular weight is 456 g/mol. The minimum atomic E-state index is -0.996. The van der Waals surface area contributed by atoms with Crippen LogP contribution in [-0.4, -0.2) is 93.4 Å². The number of hydrogen-bond donors (Lipinski definition) is 4. The molecule has 0 spiro atoms. The molecule has 11 heteroatoms. The summed E-state index contributed by atoms with van der Waals surface area (Å²) in [5.74, 6) is -3.99. The van der Waals surface area contributed by atoms with E-state index in [1.165, 1.54) is 0 Å². The fourth-order valence-electron chi connectivity index (χ4n) is 1.97. The average Bonchev–Trinajstić information content (AvgIpc) is 2.47. The van der Waals surface area contributed by atoms with Gasteiger partial charge in [-0.25, -0.2) is 0 Å². The first kappa shape index (κ1) is 25.8. The van der Waals surface area contributed by atoms with Crippen molar-refractivity contribution in [3.63, 3.8) is 0 Å². The van der Waals surface area contributed by atoms with Crippen molar-refractivity contribution < 1.29 is 62.0 Å². The molecule has 4 N–H and O–H groups in total. The van der Waals surface area contributed by atoms with Gasteiger partial charge in [0.2, 0.25) is 0 Å². The molecule has 0 bridgehead atoms. The SMILES string of the molecule is O=C(O)CCN(CCC(=O)O)CCN(CCC(=O)O)CCC(=O)O.[Ag+]. The smallest absolute Gasteiger partial charge is 0.481 e. The van der Waals surface area contributed by atoms with Gasteiger partial charge in [0.25, 0.3) is 0 Å². The topological polar surface area (TPSA) is 156 Å². The van der Waals surface area contributed by atoms with Gasteiger partial charge in [0.15, 0.2) is 0 Å². The molecular formula is C14H24AgN2O8+. The molecule has 0 aliphatic carbocycles. The summed E-state index contributed by atoms with van der Waals surface area (Å²) < 4.78 is 0. The van der Waals surface area contributed by atoms with Gasteiger partial charge < -0.3 is 30.2 Å². The van der Waals surface area contributed by atoms with Gasteiger partial charge in [0.05, 0.1) is 25.7 Å². The Kier molecular flexibility index (Phi) is 15.3. The Balaban J connectivity index is 0. The molecule has 25 heavy (non-hydrogen) atoms. The third-order valence-corrected chi connectivity index (χ3v) is 3.30. The minimum absolute atomic E-state index is 0. The molecule has 0 saturated heterocycles. The predicted molar refractivity (Wildman–Crippen MR) is 81.9 cm³/mol. The van der Waals surface area contributed by atoms with E-state index in [-0.39, 0.29) is 74.2 Å². The summed E-state index contributed by atoms with van der Waals surface area (Å²) in [5.41, 5.74) is 0. The number of aliphatic carboxylic acids is 4. The summed E-state index contributed by atoms with van der Waals surface area (Å²) in [6.45, 7) is 1.37. The second-order valence-corrected chi connectivity index (χ2v) is 5.26. The van der Waals surface area contributed by atoms with Crippen LogP contribution < -0.4 is 0 Å². The van der Waals surface area contributed by atoms with Crippen molar-refractivity contribution in [2.45, 2.75) is 25.7 Å². The van der Waals surface area contributed by atoms with Crippen molar-refractivity contribution in [2.75, 3.05) is 39.3 Å². The molecule has 0 aromatic heterocycles. The predicted octanol–water partition coefficient (Wildman–Crippen LogP) is -0.513. The van der Waals surface area contributed by atoms with Gasteiger partial charge in [-0.05, 0) is 0 Å². The normalized spacial score (nSPS) is 10.5. The maximum absolute atomic E-state index is 10.7. The van der Waals surface area contributed by atoms with Gasteiger partial charge in [-0.1, -0.05) is 0 Å². The zero-order chi connectivity index (χ0) is 18.5. The van der Waals surface area contributed by atoms with Crippen molar-refractivity contribution in [3.05, 3.63) is 0 Å². The molecule has 0 unspecified atom stereocenters. The van der Waals surface area contributed by atoms with Gasteiger partial charge in [-0.2, -0.15) is 0 Å². The quantitative estimate of drug-likeness (QED) is 0.237. The van der Waals surface area contributed by atoms with Crippen molar-refractivity contribution >= 4 is 23.9 Å². The van der Waals surface area contributed by atoms with Gasteiger partial charge in [-0.3, -0.25) is 19.2 Å². The zero-order valence-corrected chi connectivity index (χ0v) is 15.2. The Hall–Kier alpha value is -1.46. The molecule has 0 aromatic carbocycles. The standard InChI is InChI=1S/C14H24N2O8.Ag/c17-11(18)1-5-15(6-2-12(19)20)9-10-16(7-3-13(21)22)8-4-14(23)24;/h1-10H2,(H,17,18)(H,19,20)(H,21,22)(H,23,24);/q;+1. The van der Waals surface area contributed by atoms with Crippen molar-refractivity contribution in [1.82, 2.24) is 9.80 Å². The zero-order valence-electron chi connectivity index (χ0n) is 13.7. The summed E-state index contributed by atoms with van der Waals surface area (Å²) >= 11 is 0. The van der Waals surface area contributed by atoms with Crippen LogP contribution in [0.25, 0.3) is 0 Å². The number of hydrogen-bond acceptors (Lipinski definition) is 6. The first-order chi connectivity index (χ1) is 11.2. The number of nitrogens with zero attached hydrogens (tertiary/aromatic N) is 2. The molecule has 0 fully saturated rings. The van der Waals surface area contributed by atoms with E-state index in [0.29, 0.717) is 13.1 Å². The molecular weight excluding hydrogens is 432 g/mol. The fraction of sp³-hybridized carbons (Fsp3) is 0.714. The summed E-state index contributed by atoms with van der Waals surface area (Å²) in [6, 6.07) is 0. The number of carboxylic acids is 4. The van der Waals surface area contributed by atoms with Crippen LogP contribution in [0.1, 0.15) is 25.7 Å². The Bertz CT molecular complexity index is 371. The van der Waals surface area contributed by atoms with Gasteiger partial charge >= 0.3 is 46.3 Å². The van der Waals surface area contributed by atoms with E-state index in [9.17, 15) is 19.2 Å². The van der Waals surface area contributed by atoms with Crippen molar-refractivity contribution in [3.8, 4) is 0 Å². The molecule has 0 radical (unpaired) electrons. The van der Waals surface area contributed by atoms with Gasteiger partial charge in [0.1, 0.15) is 0 Å². The molecule has 0 aliphatic heterocycles. The molecule has 0 atom stereocenters. The van der Waals surface area contributed by atoms with Crippen LogP contribution in [-0.2, 0) is 41.6 Å². The van der Waals surface area contributed by atoms with E-state index < -0.39 is 23.9 Å². The maximum Gasteiger partial charge on any atom is 1.00 e.